The summed E-state index contributed by atoms with van der Waals surface area (Å²) in [7, 11) is 0. The van der Waals surface area contributed by atoms with Crippen LogP contribution < -0.4 is 5.73 Å². The predicted molar refractivity (Wildman–Crippen MR) is 30.1 cm³/mol. The van der Waals surface area contributed by atoms with Crippen LogP contribution in [0.25, 0.3) is 16.0 Å². The average Bonchev–Trinajstić information content (AvgIpc) is 1.68. The fraction of sp³-hybridized carbons (Fsp3) is 0.667. The third-order valence-corrected chi connectivity index (χ3v) is 0.422. The summed E-state index contributed by atoms with van der Waals surface area (Å²) in [5, 5.41) is 7.93. The molecule has 0 spiro atoms. The quantitative estimate of drug-likeness (QED) is 0.285. The van der Waals surface area contributed by atoms with Crippen LogP contribution in [-0.2, 0) is 4.79 Å². The maximum Gasteiger partial charge on any atom is 0.362 e. The van der Waals surface area contributed by atoms with Crippen molar-refractivity contribution in [3.8, 4) is 0 Å². The lowest BCUT2D eigenvalue weighted by atomic mass is 10.4. The Morgan fingerprint density at radius 1 is 1.78 bits per heavy atom. The van der Waals surface area contributed by atoms with Gasteiger partial charge in [0.05, 0.1) is 0 Å². The minimum Gasteiger partial charge on any atom is -0.477 e. The summed E-state index contributed by atoms with van der Waals surface area (Å²) in [6.45, 7) is 1.53. The maximum absolute atomic E-state index is 9.64. The summed E-state index contributed by atoms with van der Waals surface area (Å²) < 4.78 is 0. The molecule has 0 aromatic heterocycles. The number of nitrogens with zero attached hydrogens (tertiary/aromatic N) is 3. The highest BCUT2D eigenvalue weighted by Gasteiger charge is 2.04. The second kappa shape index (κ2) is 6.74. The van der Waals surface area contributed by atoms with Crippen molar-refractivity contribution < 1.29 is 15.6 Å². The van der Waals surface area contributed by atoms with Crippen molar-refractivity contribution in [2.45, 2.75) is 13.0 Å². The highest BCUT2D eigenvalue weighted by Crippen LogP contribution is 1.64. The van der Waals surface area contributed by atoms with Gasteiger partial charge in [0.1, 0.15) is 0 Å². The van der Waals surface area contributed by atoms with Crippen LogP contribution in [0.1, 0.15) is 6.92 Å². The van der Waals surface area contributed by atoms with Crippen molar-refractivity contribution >= 4 is 5.97 Å². The maximum atomic E-state index is 9.64. The van der Waals surface area contributed by atoms with Crippen LogP contribution in [-0.4, -0.2) is 17.1 Å². The molecule has 1 atom stereocenters. The van der Waals surface area contributed by atoms with Crippen LogP contribution in [0.3, 0.4) is 0 Å². The first-order valence-electron chi connectivity index (χ1n) is 2.10. The second-order valence-corrected chi connectivity index (χ2v) is 1.33. The van der Waals surface area contributed by atoms with Crippen molar-refractivity contribution in [1.82, 2.24) is 0 Å². The molecule has 9 heavy (non-hydrogen) atoms. The standard InChI is InChI=1S/C3H7NO2.N3/c1-2(4)3(5)6;1-3-2/h2H,4H2,1H3,(H,5,6);/q;-1/p+1/t2-;/m0./s1. The van der Waals surface area contributed by atoms with E-state index in [0.717, 1.165) is 0 Å². The van der Waals surface area contributed by atoms with E-state index < -0.39 is 12.0 Å². The predicted octanol–water partition coefficient (Wildman–Crippen LogP) is -0.433. The van der Waals surface area contributed by atoms with Crippen LogP contribution in [0.5, 0.6) is 0 Å². The fourth-order valence-corrected chi connectivity index (χ4v) is 0. The third-order valence-electron chi connectivity index (χ3n) is 0.422. The third kappa shape index (κ3) is 20.2. The van der Waals surface area contributed by atoms with Crippen LogP contribution in [0.15, 0.2) is 0 Å². The van der Waals surface area contributed by atoms with E-state index in [4.69, 9.17) is 16.2 Å². The van der Waals surface area contributed by atoms with E-state index in [2.05, 4.69) is 5.73 Å². The Labute approximate surface area is 51.7 Å². The lowest BCUT2D eigenvalue weighted by molar-refractivity contribution is -0.402. The zero-order chi connectivity index (χ0) is 7.86. The molecule has 0 aliphatic rings. The first-order chi connectivity index (χ1) is 4.06. The smallest absolute Gasteiger partial charge is 0.362 e. The Morgan fingerprint density at radius 2 is 1.89 bits per heavy atom. The molecule has 6 heteroatoms. The number of hydrogen-bond acceptors (Lipinski definition) is 1. The highest BCUT2D eigenvalue weighted by atomic mass is 16.4. The van der Waals surface area contributed by atoms with Gasteiger partial charge in [0.25, 0.3) is 0 Å². The van der Waals surface area contributed by atoms with Gasteiger partial charge in [-0.1, -0.05) is 0 Å². The van der Waals surface area contributed by atoms with E-state index in [1.807, 2.05) is 0 Å². The molecule has 0 amide bonds. The van der Waals surface area contributed by atoms with E-state index in [1.54, 1.807) is 0 Å². The van der Waals surface area contributed by atoms with E-state index in [9.17, 15) is 4.79 Å². The number of rotatable bonds is 1. The summed E-state index contributed by atoms with van der Waals surface area (Å²) >= 11 is 0. The van der Waals surface area contributed by atoms with Crippen LogP contribution in [0, 0.1) is 0 Å². The SMILES string of the molecule is C[C@H]([NH3+])C(=O)O.[N-]=[N+]=[N-]. The molecular weight excluding hydrogens is 124 g/mol. The lowest BCUT2D eigenvalue weighted by Gasteiger charge is -1.86. The van der Waals surface area contributed by atoms with E-state index in [0.29, 0.717) is 0 Å². The lowest BCUT2D eigenvalue weighted by Crippen LogP contribution is -2.63. The number of carbonyl (C=O) groups is 1. The minimum atomic E-state index is -0.852. The van der Waals surface area contributed by atoms with Gasteiger partial charge in [-0.3, -0.25) is 4.91 Å². The molecule has 0 unspecified atom stereocenters. The molecule has 0 rings (SSSR count). The van der Waals surface area contributed by atoms with Crippen LogP contribution in [0.2, 0.25) is 0 Å². The number of aliphatic carboxylic acids is 1. The Morgan fingerprint density at radius 3 is 1.89 bits per heavy atom. The Hall–Kier alpha value is -1.26. The first-order valence-corrected chi connectivity index (χ1v) is 2.10. The molecule has 0 aliphatic carbocycles. The molecule has 0 fully saturated rings. The molecule has 6 nitrogen and oxygen atoms in total. The number of carboxylic acids is 1. The van der Waals surface area contributed by atoms with Crippen molar-refractivity contribution in [2.24, 2.45) is 0 Å². The Balaban J connectivity index is 0. The van der Waals surface area contributed by atoms with Crippen LogP contribution >= 0.6 is 0 Å². The molecule has 4 N–H and O–H groups in total. The normalized spacial score (nSPS) is 10.0. The van der Waals surface area contributed by atoms with Gasteiger partial charge < -0.3 is 21.9 Å². The molecule has 0 aliphatic heterocycles. The zero-order valence-corrected chi connectivity index (χ0v) is 4.98. The van der Waals surface area contributed by atoms with Crippen molar-refractivity contribution in [2.75, 3.05) is 0 Å². The fourth-order valence-electron chi connectivity index (χ4n) is 0. The summed E-state index contributed by atoms with van der Waals surface area (Å²) in [5.74, 6) is -0.852. The van der Waals surface area contributed by atoms with Gasteiger partial charge in [0.15, 0.2) is 6.04 Å². The van der Waals surface area contributed by atoms with Crippen molar-refractivity contribution in [3.05, 3.63) is 16.0 Å². The molecule has 0 radical (unpaired) electrons. The van der Waals surface area contributed by atoms with E-state index in [-0.39, 0.29) is 0 Å². The van der Waals surface area contributed by atoms with E-state index in [1.165, 1.54) is 11.8 Å². The average molecular weight is 132 g/mol. The summed E-state index contributed by atoms with van der Waals surface area (Å²) in [5.41, 5.74) is 16.7. The van der Waals surface area contributed by atoms with Gasteiger partial charge in [0.2, 0.25) is 0 Å². The van der Waals surface area contributed by atoms with E-state index >= 15 is 0 Å². The van der Waals surface area contributed by atoms with Crippen molar-refractivity contribution in [1.29, 1.82) is 0 Å². The number of hydrogen-bond donors (Lipinski definition) is 2. The topological polar surface area (TPSA) is 124 Å². The molecule has 0 heterocycles. The molecule has 0 aromatic rings. The Bertz CT molecular complexity index is 115. The van der Waals surface area contributed by atoms with Gasteiger partial charge in [-0.25, -0.2) is 4.79 Å². The van der Waals surface area contributed by atoms with Gasteiger partial charge in [-0.05, 0) is 6.92 Å². The number of quaternary nitrogens is 1. The van der Waals surface area contributed by atoms with Gasteiger partial charge >= 0.3 is 5.97 Å². The van der Waals surface area contributed by atoms with Gasteiger partial charge in [-0.15, -0.1) is 0 Å². The summed E-state index contributed by atoms with van der Waals surface area (Å²) in [4.78, 5) is 11.1. The highest BCUT2D eigenvalue weighted by molar-refractivity contribution is 5.70. The van der Waals surface area contributed by atoms with Crippen molar-refractivity contribution in [3.63, 3.8) is 0 Å². The molecule has 0 aromatic carbocycles. The van der Waals surface area contributed by atoms with Gasteiger partial charge in [-0.2, -0.15) is 0 Å². The second-order valence-electron chi connectivity index (χ2n) is 1.33. The monoisotopic (exact) mass is 132 g/mol. The Kier molecular flexibility index (Phi) is 7.99. The number of carboxylic acid groups (broad SMARTS) is 1. The first kappa shape index (κ1) is 10.7. The minimum absolute atomic E-state index is 0.481. The molecule has 52 valence electrons. The molecular formula is C3H8N4O2. The molecule has 0 saturated heterocycles. The van der Waals surface area contributed by atoms with Crippen LogP contribution in [0.4, 0.5) is 0 Å². The largest absolute Gasteiger partial charge is 0.477 e. The zero-order valence-electron chi connectivity index (χ0n) is 4.98. The summed E-state index contributed by atoms with van der Waals surface area (Å²) in [6.07, 6.45) is 0. The summed E-state index contributed by atoms with van der Waals surface area (Å²) in [6, 6.07) is -0.481. The van der Waals surface area contributed by atoms with Gasteiger partial charge in [0, 0.05) is 0 Å². The molecule has 0 bridgehead atoms. The molecule has 0 saturated carbocycles.